The van der Waals surface area contributed by atoms with Gasteiger partial charge in [0.15, 0.2) is 0 Å². The molecule has 1 rings (SSSR count). The van der Waals surface area contributed by atoms with E-state index in [1.807, 2.05) is 31.2 Å². The highest BCUT2D eigenvalue weighted by molar-refractivity contribution is 5.77. The molecule has 0 aliphatic carbocycles. The molecule has 0 aliphatic heterocycles. The van der Waals surface area contributed by atoms with Gasteiger partial charge in [0.2, 0.25) is 5.91 Å². The highest BCUT2D eigenvalue weighted by Gasteiger charge is 2.14. The van der Waals surface area contributed by atoms with Gasteiger partial charge < -0.3 is 10.5 Å². The smallest absolute Gasteiger partial charge is 0.320 e. The zero-order valence-electron chi connectivity index (χ0n) is 11.4. The van der Waals surface area contributed by atoms with Gasteiger partial charge in [0, 0.05) is 6.54 Å². The lowest BCUT2D eigenvalue weighted by Crippen LogP contribution is -2.37. The first-order chi connectivity index (χ1) is 9.01. The van der Waals surface area contributed by atoms with Crippen molar-refractivity contribution < 1.29 is 14.3 Å². The van der Waals surface area contributed by atoms with Crippen molar-refractivity contribution in [1.29, 1.82) is 0 Å². The third-order valence-electron chi connectivity index (χ3n) is 2.56. The minimum absolute atomic E-state index is 0.0344. The molecule has 1 amide bonds. The number of hydrogen-bond donors (Lipinski definition) is 1. The molecule has 2 N–H and O–H groups in total. The van der Waals surface area contributed by atoms with E-state index in [-0.39, 0.29) is 19.1 Å². The SMILES string of the molecule is CCOC(=O)CN(CC(N)=O)Cc1ccc(C)cc1. The van der Waals surface area contributed by atoms with Crippen molar-refractivity contribution >= 4 is 11.9 Å². The average Bonchev–Trinajstić information content (AvgIpc) is 2.31. The molecule has 0 atom stereocenters. The number of carbonyl (C=O) groups excluding carboxylic acids is 2. The summed E-state index contributed by atoms with van der Waals surface area (Å²) in [6.45, 7) is 4.66. The number of aryl methyl sites for hydroxylation is 1. The number of nitrogens with two attached hydrogens (primary N) is 1. The number of amides is 1. The predicted octanol–water partition coefficient (Wildman–Crippen LogP) is 0.845. The van der Waals surface area contributed by atoms with Crippen LogP contribution >= 0.6 is 0 Å². The minimum Gasteiger partial charge on any atom is -0.465 e. The number of nitrogens with zero attached hydrogens (tertiary/aromatic N) is 1. The third-order valence-corrected chi connectivity index (χ3v) is 2.56. The second kappa shape index (κ2) is 7.53. The first kappa shape index (κ1) is 15.2. The molecule has 0 spiro atoms. The Morgan fingerprint density at radius 1 is 1.21 bits per heavy atom. The van der Waals surface area contributed by atoms with Crippen molar-refractivity contribution in [2.45, 2.75) is 20.4 Å². The molecule has 1 aromatic rings. The summed E-state index contributed by atoms with van der Waals surface area (Å²) in [6.07, 6.45) is 0. The van der Waals surface area contributed by atoms with Crippen molar-refractivity contribution in [2.75, 3.05) is 19.7 Å². The van der Waals surface area contributed by atoms with Crippen LogP contribution in [-0.2, 0) is 20.9 Å². The molecule has 5 nitrogen and oxygen atoms in total. The molecule has 1 aromatic carbocycles. The predicted molar refractivity (Wildman–Crippen MR) is 72.3 cm³/mol. The van der Waals surface area contributed by atoms with Crippen molar-refractivity contribution in [2.24, 2.45) is 5.73 Å². The van der Waals surface area contributed by atoms with Crippen LogP contribution in [-0.4, -0.2) is 36.5 Å². The zero-order chi connectivity index (χ0) is 14.3. The van der Waals surface area contributed by atoms with E-state index in [2.05, 4.69) is 0 Å². The molecule has 0 aromatic heterocycles. The molecule has 5 heteroatoms. The Balaban J connectivity index is 2.65. The minimum atomic E-state index is -0.462. The van der Waals surface area contributed by atoms with Crippen LogP contribution < -0.4 is 5.73 Å². The summed E-state index contributed by atoms with van der Waals surface area (Å²) in [5.41, 5.74) is 7.37. The van der Waals surface area contributed by atoms with Crippen LogP contribution in [0.5, 0.6) is 0 Å². The fourth-order valence-corrected chi connectivity index (χ4v) is 1.73. The van der Waals surface area contributed by atoms with Crippen LogP contribution in [0, 0.1) is 6.92 Å². The van der Waals surface area contributed by atoms with E-state index < -0.39 is 5.91 Å². The van der Waals surface area contributed by atoms with Gasteiger partial charge in [-0.1, -0.05) is 29.8 Å². The largest absolute Gasteiger partial charge is 0.465 e. The van der Waals surface area contributed by atoms with E-state index in [0.29, 0.717) is 13.2 Å². The van der Waals surface area contributed by atoms with Crippen LogP contribution in [0.4, 0.5) is 0 Å². The maximum atomic E-state index is 11.5. The fraction of sp³-hybridized carbons (Fsp3) is 0.429. The summed E-state index contributed by atoms with van der Waals surface area (Å²) >= 11 is 0. The summed E-state index contributed by atoms with van der Waals surface area (Å²) in [6, 6.07) is 7.91. The standard InChI is InChI=1S/C14H20N2O3/c1-3-19-14(18)10-16(9-13(15)17)8-12-6-4-11(2)5-7-12/h4-7H,3,8-10H2,1-2H3,(H2,15,17). The Morgan fingerprint density at radius 3 is 2.37 bits per heavy atom. The molecule has 19 heavy (non-hydrogen) atoms. The number of benzene rings is 1. The van der Waals surface area contributed by atoms with Crippen LogP contribution in [0.15, 0.2) is 24.3 Å². The highest BCUT2D eigenvalue weighted by Crippen LogP contribution is 2.07. The van der Waals surface area contributed by atoms with Crippen LogP contribution in [0.3, 0.4) is 0 Å². The van der Waals surface area contributed by atoms with Gasteiger partial charge in [0.25, 0.3) is 0 Å². The first-order valence-electron chi connectivity index (χ1n) is 6.23. The fourth-order valence-electron chi connectivity index (χ4n) is 1.73. The van der Waals surface area contributed by atoms with E-state index in [1.54, 1.807) is 11.8 Å². The second-order valence-corrected chi connectivity index (χ2v) is 4.40. The average molecular weight is 264 g/mol. The monoisotopic (exact) mass is 264 g/mol. The molecular weight excluding hydrogens is 244 g/mol. The number of ether oxygens (including phenoxy) is 1. The molecule has 104 valence electrons. The number of hydrogen-bond acceptors (Lipinski definition) is 4. The molecule has 0 unspecified atom stereocenters. The van der Waals surface area contributed by atoms with Gasteiger partial charge in [-0.15, -0.1) is 0 Å². The lowest BCUT2D eigenvalue weighted by molar-refractivity contribution is -0.144. The summed E-state index contributed by atoms with van der Waals surface area (Å²) in [7, 11) is 0. The number of rotatable bonds is 7. The van der Waals surface area contributed by atoms with Crippen molar-refractivity contribution in [3.8, 4) is 0 Å². The summed E-state index contributed by atoms with van der Waals surface area (Å²) in [4.78, 5) is 24.2. The normalized spacial score (nSPS) is 10.5. The Morgan fingerprint density at radius 2 is 1.84 bits per heavy atom. The molecule has 0 saturated carbocycles. The topological polar surface area (TPSA) is 72.6 Å². The zero-order valence-corrected chi connectivity index (χ0v) is 11.4. The van der Waals surface area contributed by atoms with Gasteiger partial charge in [-0.25, -0.2) is 0 Å². The van der Waals surface area contributed by atoms with E-state index in [4.69, 9.17) is 10.5 Å². The van der Waals surface area contributed by atoms with E-state index in [0.717, 1.165) is 11.1 Å². The summed E-state index contributed by atoms with van der Waals surface area (Å²) < 4.78 is 4.88. The van der Waals surface area contributed by atoms with Crippen LogP contribution in [0.1, 0.15) is 18.1 Å². The van der Waals surface area contributed by atoms with Gasteiger partial charge in [0.1, 0.15) is 0 Å². The van der Waals surface area contributed by atoms with Gasteiger partial charge >= 0.3 is 5.97 Å². The molecule has 0 bridgehead atoms. The lowest BCUT2D eigenvalue weighted by Gasteiger charge is -2.19. The third kappa shape index (κ3) is 6.01. The first-order valence-corrected chi connectivity index (χ1v) is 6.23. The van der Waals surface area contributed by atoms with Crippen molar-refractivity contribution in [3.05, 3.63) is 35.4 Å². The number of esters is 1. The molecule has 0 aliphatic rings. The molecular formula is C14H20N2O3. The van der Waals surface area contributed by atoms with Gasteiger partial charge in [0.05, 0.1) is 19.7 Å². The van der Waals surface area contributed by atoms with E-state index in [1.165, 1.54) is 0 Å². The van der Waals surface area contributed by atoms with E-state index in [9.17, 15) is 9.59 Å². The summed E-state index contributed by atoms with van der Waals surface area (Å²) in [5, 5.41) is 0. The van der Waals surface area contributed by atoms with Gasteiger partial charge in [-0.05, 0) is 19.4 Å². The Hall–Kier alpha value is -1.88. The van der Waals surface area contributed by atoms with Crippen molar-refractivity contribution in [3.63, 3.8) is 0 Å². The summed E-state index contributed by atoms with van der Waals surface area (Å²) in [5.74, 6) is -0.813. The number of carbonyl (C=O) groups is 2. The van der Waals surface area contributed by atoms with Crippen LogP contribution in [0.25, 0.3) is 0 Å². The van der Waals surface area contributed by atoms with Gasteiger partial charge in [-0.2, -0.15) is 0 Å². The maximum Gasteiger partial charge on any atom is 0.320 e. The molecule has 0 fully saturated rings. The molecule has 0 radical (unpaired) electrons. The highest BCUT2D eigenvalue weighted by atomic mass is 16.5. The van der Waals surface area contributed by atoms with Gasteiger partial charge in [-0.3, -0.25) is 14.5 Å². The maximum absolute atomic E-state index is 11.5. The second-order valence-electron chi connectivity index (χ2n) is 4.40. The van der Waals surface area contributed by atoms with Crippen LogP contribution in [0.2, 0.25) is 0 Å². The van der Waals surface area contributed by atoms with E-state index >= 15 is 0 Å². The lowest BCUT2D eigenvalue weighted by atomic mass is 10.1. The molecule has 0 heterocycles. The Bertz CT molecular complexity index is 429. The molecule has 0 saturated heterocycles. The Kier molecular flexibility index (Phi) is 6.02. The van der Waals surface area contributed by atoms with Crippen molar-refractivity contribution in [1.82, 2.24) is 4.90 Å². The number of primary amides is 1. The Labute approximate surface area is 113 Å². The quantitative estimate of drug-likeness (QED) is 0.741.